The van der Waals surface area contributed by atoms with Gasteiger partial charge >= 0.3 is 0 Å². The van der Waals surface area contributed by atoms with Crippen LogP contribution in [0.4, 0.5) is 0 Å². The van der Waals surface area contributed by atoms with E-state index < -0.39 is 0 Å². The standard InChI is InChI=1S/C9H17NO/c1-2-8(1)5-10-6-9-3-4-11-7-9/h8-10H,1-7H2. The Hall–Kier alpha value is -0.0800. The smallest absolute Gasteiger partial charge is 0.0507 e. The van der Waals surface area contributed by atoms with E-state index in [0.717, 1.165) is 25.0 Å². The molecule has 1 heterocycles. The number of hydrogen-bond acceptors (Lipinski definition) is 2. The molecular weight excluding hydrogens is 138 g/mol. The monoisotopic (exact) mass is 155 g/mol. The van der Waals surface area contributed by atoms with Crippen LogP contribution in [0.5, 0.6) is 0 Å². The molecule has 64 valence electrons. The molecule has 2 heteroatoms. The SMILES string of the molecule is C1CC(CNCC2CC2)CO1. The van der Waals surface area contributed by atoms with Crippen molar-refractivity contribution in [1.82, 2.24) is 5.32 Å². The van der Waals surface area contributed by atoms with Crippen molar-refractivity contribution in [2.45, 2.75) is 19.3 Å². The highest BCUT2D eigenvalue weighted by molar-refractivity contribution is 4.76. The first kappa shape index (κ1) is 7.56. The van der Waals surface area contributed by atoms with Crippen LogP contribution in [0, 0.1) is 11.8 Å². The zero-order chi connectivity index (χ0) is 7.52. The van der Waals surface area contributed by atoms with Gasteiger partial charge in [0, 0.05) is 13.2 Å². The van der Waals surface area contributed by atoms with Gasteiger partial charge in [-0.25, -0.2) is 0 Å². The molecule has 0 bridgehead atoms. The first-order valence-electron chi connectivity index (χ1n) is 4.73. The van der Waals surface area contributed by atoms with E-state index in [-0.39, 0.29) is 0 Å². The van der Waals surface area contributed by atoms with Crippen molar-refractivity contribution < 1.29 is 4.74 Å². The molecule has 1 saturated carbocycles. The quantitative estimate of drug-likeness (QED) is 0.654. The number of nitrogens with one attached hydrogen (secondary N) is 1. The molecule has 1 N–H and O–H groups in total. The van der Waals surface area contributed by atoms with Crippen LogP contribution in [0.15, 0.2) is 0 Å². The fourth-order valence-corrected chi connectivity index (χ4v) is 1.56. The molecule has 0 aromatic rings. The third-order valence-electron chi connectivity index (χ3n) is 2.59. The lowest BCUT2D eigenvalue weighted by Gasteiger charge is -2.07. The minimum Gasteiger partial charge on any atom is -0.381 e. The van der Waals surface area contributed by atoms with Gasteiger partial charge in [0.1, 0.15) is 0 Å². The third-order valence-corrected chi connectivity index (χ3v) is 2.59. The number of hydrogen-bond donors (Lipinski definition) is 1. The Morgan fingerprint density at radius 3 is 2.55 bits per heavy atom. The molecule has 0 aromatic heterocycles. The van der Waals surface area contributed by atoms with E-state index in [1.165, 1.54) is 32.4 Å². The summed E-state index contributed by atoms with van der Waals surface area (Å²) in [5, 5.41) is 3.51. The fourth-order valence-electron chi connectivity index (χ4n) is 1.56. The lowest BCUT2D eigenvalue weighted by molar-refractivity contribution is 0.185. The van der Waals surface area contributed by atoms with Crippen LogP contribution >= 0.6 is 0 Å². The van der Waals surface area contributed by atoms with Crippen LogP contribution in [0.25, 0.3) is 0 Å². The second-order valence-electron chi connectivity index (χ2n) is 3.83. The van der Waals surface area contributed by atoms with Crippen LogP contribution in [0.3, 0.4) is 0 Å². The van der Waals surface area contributed by atoms with E-state index in [1.54, 1.807) is 0 Å². The highest BCUT2D eigenvalue weighted by Crippen LogP contribution is 2.27. The maximum Gasteiger partial charge on any atom is 0.0507 e. The van der Waals surface area contributed by atoms with E-state index in [9.17, 15) is 0 Å². The summed E-state index contributed by atoms with van der Waals surface area (Å²) in [5.41, 5.74) is 0. The fraction of sp³-hybridized carbons (Fsp3) is 1.00. The Bertz CT molecular complexity index is 117. The predicted molar refractivity (Wildman–Crippen MR) is 44.5 cm³/mol. The summed E-state index contributed by atoms with van der Waals surface area (Å²) in [7, 11) is 0. The van der Waals surface area contributed by atoms with E-state index in [0.29, 0.717) is 0 Å². The van der Waals surface area contributed by atoms with Gasteiger partial charge in [0.2, 0.25) is 0 Å². The zero-order valence-corrected chi connectivity index (χ0v) is 7.01. The molecule has 2 fully saturated rings. The second kappa shape index (κ2) is 3.55. The summed E-state index contributed by atoms with van der Waals surface area (Å²) < 4.78 is 5.29. The average molecular weight is 155 g/mol. The molecule has 1 aliphatic carbocycles. The third kappa shape index (κ3) is 2.46. The normalized spacial score (nSPS) is 31.1. The topological polar surface area (TPSA) is 21.3 Å². The molecule has 2 nitrogen and oxygen atoms in total. The minimum absolute atomic E-state index is 0.800. The summed E-state index contributed by atoms with van der Waals surface area (Å²) in [4.78, 5) is 0. The van der Waals surface area contributed by atoms with Crippen LogP contribution in [0.1, 0.15) is 19.3 Å². The lowest BCUT2D eigenvalue weighted by atomic mass is 10.1. The van der Waals surface area contributed by atoms with E-state index in [4.69, 9.17) is 4.74 Å². The molecule has 2 aliphatic rings. The Morgan fingerprint density at radius 2 is 1.91 bits per heavy atom. The molecule has 0 aromatic carbocycles. The first-order valence-corrected chi connectivity index (χ1v) is 4.73. The van der Waals surface area contributed by atoms with Gasteiger partial charge in [-0.3, -0.25) is 0 Å². The Morgan fingerprint density at radius 1 is 1.09 bits per heavy atom. The van der Waals surface area contributed by atoms with Gasteiger partial charge in [0.25, 0.3) is 0 Å². The van der Waals surface area contributed by atoms with Gasteiger partial charge < -0.3 is 10.1 Å². The molecule has 0 amide bonds. The van der Waals surface area contributed by atoms with Crippen molar-refractivity contribution in [3.8, 4) is 0 Å². The van der Waals surface area contributed by atoms with Crippen molar-refractivity contribution in [1.29, 1.82) is 0 Å². The van der Waals surface area contributed by atoms with E-state index in [2.05, 4.69) is 5.32 Å². The summed E-state index contributed by atoms with van der Waals surface area (Å²) in [5.74, 6) is 1.81. The van der Waals surface area contributed by atoms with Gasteiger partial charge in [-0.15, -0.1) is 0 Å². The molecular formula is C9H17NO. The van der Waals surface area contributed by atoms with Crippen LogP contribution < -0.4 is 5.32 Å². The largest absolute Gasteiger partial charge is 0.381 e. The first-order chi connectivity index (χ1) is 5.45. The predicted octanol–water partition coefficient (Wildman–Crippen LogP) is 1.02. The van der Waals surface area contributed by atoms with Crippen LogP contribution in [0.2, 0.25) is 0 Å². The maximum absolute atomic E-state index is 5.29. The van der Waals surface area contributed by atoms with Crippen molar-refractivity contribution in [3.63, 3.8) is 0 Å². The molecule has 2 rings (SSSR count). The van der Waals surface area contributed by atoms with Gasteiger partial charge in [0.15, 0.2) is 0 Å². The molecule has 1 unspecified atom stereocenters. The van der Waals surface area contributed by atoms with Gasteiger partial charge in [-0.05, 0) is 37.6 Å². The Balaban J connectivity index is 1.51. The van der Waals surface area contributed by atoms with Crippen molar-refractivity contribution in [3.05, 3.63) is 0 Å². The molecule has 1 atom stereocenters. The molecule has 11 heavy (non-hydrogen) atoms. The summed E-state index contributed by atoms with van der Waals surface area (Å²) in [6.07, 6.45) is 4.17. The van der Waals surface area contributed by atoms with Crippen LogP contribution in [-0.4, -0.2) is 26.3 Å². The number of rotatable bonds is 4. The summed E-state index contributed by atoms with van der Waals surface area (Å²) in [6.45, 7) is 4.39. The van der Waals surface area contributed by atoms with Crippen molar-refractivity contribution in [2.75, 3.05) is 26.3 Å². The Labute approximate surface area is 68.3 Å². The Kier molecular flexibility index (Phi) is 2.44. The van der Waals surface area contributed by atoms with Crippen molar-refractivity contribution >= 4 is 0 Å². The summed E-state index contributed by atoms with van der Waals surface area (Å²) >= 11 is 0. The lowest BCUT2D eigenvalue weighted by Crippen LogP contribution is -2.24. The molecule has 0 spiro atoms. The van der Waals surface area contributed by atoms with E-state index >= 15 is 0 Å². The summed E-state index contributed by atoms with van der Waals surface area (Å²) in [6, 6.07) is 0. The number of ether oxygens (including phenoxy) is 1. The maximum atomic E-state index is 5.29. The minimum atomic E-state index is 0.800. The highest BCUT2D eigenvalue weighted by Gasteiger charge is 2.21. The highest BCUT2D eigenvalue weighted by atomic mass is 16.5. The average Bonchev–Trinajstić information content (AvgIpc) is 2.66. The molecule has 1 saturated heterocycles. The second-order valence-corrected chi connectivity index (χ2v) is 3.83. The molecule has 1 aliphatic heterocycles. The van der Waals surface area contributed by atoms with Crippen LogP contribution in [-0.2, 0) is 4.74 Å². The van der Waals surface area contributed by atoms with E-state index in [1.807, 2.05) is 0 Å². The van der Waals surface area contributed by atoms with Crippen molar-refractivity contribution in [2.24, 2.45) is 11.8 Å². The van der Waals surface area contributed by atoms with Gasteiger partial charge in [0.05, 0.1) is 6.61 Å². The zero-order valence-electron chi connectivity index (χ0n) is 7.01. The molecule has 0 radical (unpaired) electrons. The van der Waals surface area contributed by atoms with Gasteiger partial charge in [-0.1, -0.05) is 0 Å². The van der Waals surface area contributed by atoms with Gasteiger partial charge in [-0.2, -0.15) is 0 Å².